The highest BCUT2D eigenvalue weighted by molar-refractivity contribution is 5.78. The van der Waals surface area contributed by atoms with Crippen LogP contribution in [0.25, 0.3) is 16.5 Å². The Morgan fingerprint density at radius 3 is 2.42 bits per heavy atom. The molecule has 6 nitrogen and oxygen atoms in total. The van der Waals surface area contributed by atoms with Gasteiger partial charge in [0.05, 0.1) is 18.4 Å². The van der Waals surface area contributed by atoms with Crippen molar-refractivity contribution < 1.29 is 14.9 Å². The number of allylic oxidation sites excluding steroid dienone is 1. The zero-order valence-corrected chi connectivity index (χ0v) is 15.1. The van der Waals surface area contributed by atoms with Crippen LogP contribution in [0, 0.1) is 18.8 Å². The number of ether oxygens (including phenoxy) is 1. The van der Waals surface area contributed by atoms with Gasteiger partial charge in [0.1, 0.15) is 5.75 Å². The average molecular weight is 333 g/mol. The van der Waals surface area contributed by atoms with Gasteiger partial charge in [0, 0.05) is 10.5 Å². The van der Waals surface area contributed by atoms with Crippen molar-refractivity contribution in [3.8, 4) is 17.2 Å². The van der Waals surface area contributed by atoms with Crippen molar-refractivity contribution >= 4 is 11.8 Å². The number of benzene rings is 1. The monoisotopic (exact) mass is 333 g/mol. The van der Waals surface area contributed by atoms with Crippen LogP contribution in [0.15, 0.2) is 11.2 Å². The number of hydrogen-bond donors (Lipinski definition) is 2. The summed E-state index contributed by atoms with van der Waals surface area (Å²) in [5.41, 5.74) is 9.29. The van der Waals surface area contributed by atoms with Crippen molar-refractivity contribution in [2.24, 2.45) is 17.0 Å². The molecule has 24 heavy (non-hydrogen) atoms. The summed E-state index contributed by atoms with van der Waals surface area (Å²) in [4.78, 5) is 2.68. The number of phenols is 2. The molecule has 2 N–H and O–H groups in total. The Labute approximate surface area is 143 Å². The Hall–Kier alpha value is -2.33. The molecular formula is C18H27N3O3. The number of rotatable bonds is 8. The number of azide groups is 1. The molecule has 0 aliphatic rings. The quantitative estimate of drug-likeness (QED) is 0.271. The van der Waals surface area contributed by atoms with Crippen LogP contribution >= 0.6 is 0 Å². The van der Waals surface area contributed by atoms with Gasteiger partial charge < -0.3 is 14.9 Å². The topological polar surface area (TPSA) is 98.5 Å². The van der Waals surface area contributed by atoms with Crippen LogP contribution in [0.1, 0.15) is 51.2 Å². The molecule has 0 heterocycles. The van der Waals surface area contributed by atoms with E-state index in [0.29, 0.717) is 23.0 Å². The minimum atomic E-state index is -0.266. The number of methoxy groups -OCH3 is 1. The third-order valence-corrected chi connectivity index (χ3v) is 4.03. The van der Waals surface area contributed by atoms with E-state index < -0.39 is 0 Å². The zero-order valence-electron chi connectivity index (χ0n) is 15.1. The molecule has 0 spiro atoms. The second-order valence-corrected chi connectivity index (χ2v) is 6.47. The first-order chi connectivity index (χ1) is 11.3. The van der Waals surface area contributed by atoms with Gasteiger partial charge in [0.25, 0.3) is 0 Å². The molecule has 6 heteroatoms. The van der Waals surface area contributed by atoms with Gasteiger partial charge in [-0.1, -0.05) is 50.9 Å². The largest absolute Gasteiger partial charge is 0.507 e. The molecule has 0 radical (unpaired) electrons. The highest BCUT2D eigenvalue weighted by Crippen LogP contribution is 2.48. The molecule has 0 fully saturated rings. The lowest BCUT2D eigenvalue weighted by Gasteiger charge is -2.15. The van der Waals surface area contributed by atoms with E-state index in [1.54, 1.807) is 13.0 Å². The fourth-order valence-electron chi connectivity index (χ4n) is 2.57. The molecule has 132 valence electrons. The summed E-state index contributed by atoms with van der Waals surface area (Å²) in [5.74, 6) is 0.812. The number of hydrogen-bond acceptors (Lipinski definition) is 4. The molecule has 0 bridgehead atoms. The van der Waals surface area contributed by atoms with Crippen molar-refractivity contribution in [1.82, 2.24) is 0 Å². The van der Waals surface area contributed by atoms with E-state index in [9.17, 15) is 10.2 Å². The van der Waals surface area contributed by atoms with Gasteiger partial charge in [-0.05, 0) is 30.7 Å². The third kappa shape index (κ3) is 4.83. The summed E-state index contributed by atoms with van der Waals surface area (Å²) in [6.07, 6.45) is 7.13. The first kappa shape index (κ1) is 19.7. The van der Waals surface area contributed by atoms with Crippen molar-refractivity contribution in [3.05, 3.63) is 27.6 Å². The Morgan fingerprint density at radius 2 is 1.88 bits per heavy atom. The molecule has 0 saturated carbocycles. The van der Waals surface area contributed by atoms with E-state index in [-0.39, 0.29) is 22.9 Å². The third-order valence-electron chi connectivity index (χ3n) is 4.03. The summed E-state index contributed by atoms with van der Waals surface area (Å²) in [6.45, 7) is 8.11. The SMILES string of the molecule is COc1c(O)c(N=[N+]=[N-])c(C)c(O)c1C=CC(C)CCCC(C)C. The van der Waals surface area contributed by atoms with Gasteiger partial charge >= 0.3 is 0 Å². The van der Waals surface area contributed by atoms with Crippen LogP contribution in [0.5, 0.6) is 17.2 Å². The summed E-state index contributed by atoms with van der Waals surface area (Å²) in [5, 5.41) is 24.1. The molecule has 0 saturated heterocycles. The zero-order chi connectivity index (χ0) is 18.3. The minimum Gasteiger partial charge on any atom is -0.507 e. The highest BCUT2D eigenvalue weighted by atomic mass is 16.5. The average Bonchev–Trinajstić information content (AvgIpc) is 2.53. The fourth-order valence-corrected chi connectivity index (χ4v) is 2.57. The van der Waals surface area contributed by atoms with E-state index in [2.05, 4.69) is 30.8 Å². The molecule has 0 amide bonds. The maximum Gasteiger partial charge on any atom is 0.171 e. The van der Waals surface area contributed by atoms with Crippen molar-refractivity contribution in [1.29, 1.82) is 0 Å². The highest BCUT2D eigenvalue weighted by Gasteiger charge is 2.20. The second-order valence-electron chi connectivity index (χ2n) is 6.47. The molecule has 1 aromatic carbocycles. The van der Waals surface area contributed by atoms with Gasteiger partial charge in [-0.15, -0.1) is 0 Å². The Morgan fingerprint density at radius 1 is 1.21 bits per heavy atom. The number of nitrogens with zero attached hydrogens (tertiary/aromatic N) is 3. The van der Waals surface area contributed by atoms with Crippen LogP contribution in [0.2, 0.25) is 0 Å². The normalized spacial score (nSPS) is 12.4. The summed E-state index contributed by atoms with van der Waals surface area (Å²) >= 11 is 0. The van der Waals surface area contributed by atoms with Crippen molar-refractivity contribution in [3.63, 3.8) is 0 Å². The Bertz CT molecular complexity index is 648. The maximum absolute atomic E-state index is 10.4. The smallest absolute Gasteiger partial charge is 0.171 e. The van der Waals surface area contributed by atoms with Gasteiger partial charge in [0.15, 0.2) is 11.5 Å². The minimum absolute atomic E-state index is 0.0195. The summed E-state index contributed by atoms with van der Waals surface area (Å²) in [6, 6.07) is 0. The van der Waals surface area contributed by atoms with Crippen LogP contribution in [-0.4, -0.2) is 17.3 Å². The Kier molecular flexibility index (Phi) is 7.46. The molecule has 0 aliphatic carbocycles. The summed E-state index contributed by atoms with van der Waals surface area (Å²) < 4.78 is 5.20. The standard InChI is InChI=1S/C18H27N3O3/c1-11(2)7-6-8-12(3)9-10-14-16(22)13(4)15(20-21-19)17(23)18(14)24-5/h9-12,22-23H,6-8H2,1-5H3. The van der Waals surface area contributed by atoms with Crippen LogP contribution in [-0.2, 0) is 0 Å². The van der Waals surface area contributed by atoms with Crippen LogP contribution < -0.4 is 4.74 Å². The summed E-state index contributed by atoms with van der Waals surface area (Å²) in [7, 11) is 1.40. The van der Waals surface area contributed by atoms with E-state index >= 15 is 0 Å². The molecule has 1 aromatic rings. The van der Waals surface area contributed by atoms with Gasteiger partial charge in [-0.3, -0.25) is 0 Å². The molecule has 0 aromatic heterocycles. The molecule has 0 aliphatic heterocycles. The van der Waals surface area contributed by atoms with Gasteiger partial charge in [-0.25, -0.2) is 0 Å². The van der Waals surface area contributed by atoms with Crippen molar-refractivity contribution in [2.75, 3.05) is 7.11 Å². The van der Waals surface area contributed by atoms with E-state index in [0.717, 1.165) is 12.8 Å². The van der Waals surface area contributed by atoms with E-state index in [4.69, 9.17) is 10.3 Å². The molecule has 1 atom stereocenters. The molecule has 1 rings (SSSR count). The second kappa shape index (κ2) is 9.08. The fraction of sp³-hybridized carbons (Fsp3) is 0.556. The van der Waals surface area contributed by atoms with E-state index in [1.165, 1.54) is 13.5 Å². The van der Waals surface area contributed by atoms with Crippen molar-refractivity contribution in [2.45, 2.75) is 47.0 Å². The lowest BCUT2D eigenvalue weighted by Crippen LogP contribution is -1.95. The van der Waals surface area contributed by atoms with E-state index in [1.807, 2.05) is 6.08 Å². The van der Waals surface area contributed by atoms with Gasteiger partial charge in [-0.2, -0.15) is 0 Å². The van der Waals surface area contributed by atoms with Crippen LogP contribution in [0.4, 0.5) is 5.69 Å². The number of phenolic OH excluding ortho intramolecular Hbond substituents is 2. The lowest BCUT2D eigenvalue weighted by molar-refractivity contribution is 0.367. The molecule has 1 unspecified atom stereocenters. The predicted octanol–water partition coefficient (Wildman–Crippen LogP) is 5.83. The predicted molar refractivity (Wildman–Crippen MR) is 96.8 cm³/mol. The maximum atomic E-state index is 10.4. The molecular weight excluding hydrogens is 306 g/mol. The first-order valence-electron chi connectivity index (χ1n) is 8.19. The first-order valence-corrected chi connectivity index (χ1v) is 8.19. The van der Waals surface area contributed by atoms with Crippen LogP contribution in [0.3, 0.4) is 0 Å². The Balaban J connectivity index is 3.11. The lowest BCUT2D eigenvalue weighted by atomic mass is 9.97. The number of aromatic hydroxyl groups is 2. The van der Waals surface area contributed by atoms with Gasteiger partial charge in [0.2, 0.25) is 0 Å².